The third-order valence-electron chi connectivity index (χ3n) is 4.78. The van der Waals surface area contributed by atoms with Gasteiger partial charge in [-0.15, -0.1) is 5.10 Å². The van der Waals surface area contributed by atoms with E-state index in [2.05, 4.69) is 35.8 Å². The average molecular weight is 263 g/mol. The molecule has 0 amide bonds. The third kappa shape index (κ3) is 2.55. The van der Waals surface area contributed by atoms with Gasteiger partial charge in [-0.3, -0.25) is 0 Å². The predicted octanol–water partition coefficient (Wildman–Crippen LogP) is 2.46. The third-order valence-corrected chi connectivity index (χ3v) is 4.78. The monoisotopic (exact) mass is 263 g/mol. The van der Waals surface area contributed by atoms with Gasteiger partial charge in [0, 0.05) is 6.54 Å². The van der Waals surface area contributed by atoms with E-state index in [-0.39, 0.29) is 0 Å². The predicted molar refractivity (Wildman–Crippen MR) is 73.9 cm³/mol. The summed E-state index contributed by atoms with van der Waals surface area (Å²) in [6.07, 6.45) is 5.17. The molecule has 0 radical (unpaired) electrons. The van der Waals surface area contributed by atoms with Gasteiger partial charge in [-0.1, -0.05) is 5.21 Å². The average Bonchev–Trinajstić information content (AvgIpc) is 2.87. The Bertz CT molecular complexity index is 441. The summed E-state index contributed by atoms with van der Waals surface area (Å²) in [4.78, 5) is 0. The van der Waals surface area contributed by atoms with Gasteiger partial charge in [-0.2, -0.15) is 0 Å². The molecule has 1 heterocycles. The highest BCUT2D eigenvalue weighted by atomic mass is 16.5. The van der Waals surface area contributed by atoms with Gasteiger partial charge in [0.25, 0.3) is 0 Å². The van der Waals surface area contributed by atoms with Gasteiger partial charge in [0.15, 0.2) is 0 Å². The highest BCUT2D eigenvalue weighted by Gasteiger charge is 2.49. The van der Waals surface area contributed by atoms with Crippen molar-refractivity contribution in [2.75, 3.05) is 6.61 Å². The van der Waals surface area contributed by atoms with Crippen molar-refractivity contribution in [3.63, 3.8) is 0 Å². The topological polar surface area (TPSA) is 39.9 Å². The molecule has 1 saturated carbocycles. The molecular formula is C15H25N3O. The number of rotatable bonds is 4. The zero-order valence-corrected chi connectivity index (χ0v) is 12.3. The minimum atomic E-state index is 0.361. The molecule has 4 heteroatoms. The Hall–Kier alpha value is -0.900. The molecule has 0 N–H and O–H groups in total. The molecule has 3 rings (SSSR count). The van der Waals surface area contributed by atoms with Gasteiger partial charge in [-0.25, -0.2) is 4.68 Å². The summed E-state index contributed by atoms with van der Waals surface area (Å²) in [6, 6.07) is 0. The summed E-state index contributed by atoms with van der Waals surface area (Å²) < 4.78 is 7.89. The van der Waals surface area contributed by atoms with E-state index in [1.54, 1.807) is 0 Å². The fourth-order valence-corrected chi connectivity index (χ4v) is 3.63. The molecule has 0 aliphatic heterocycles. The molecule has 0 saturated heterocycles. The van der Waals surface area contributed by atoms with E-state index in [1.807, 2.05) is 0 Å². The van der Waals surface area contributed by atoms with Crippen LogP contribution in [0, 0.1) is 17.8 Å². The van der Waals surface area contributed by atoms with E-state index in [9.17, 15) is 0 Å². The van der Waals surface area contributed by atoms with Gasteiger partial charge in [-0.05, 0) is 64.2 Å². The second-order valence-corrected chi connectivity index (χ2v) is 6.25. The Morgan fingerprint density at radius 2 is 2.00 bits per heavy atom. The molecule has 0 unspecified atom stereocenters. The molecule has 1 fully saturated rings. The maximum absolute atomic E-state index is 5.81. The van der Waals surface area contributed by atoms with E-state index >= 15 is 0 Å². The molecular weight excluding hydrogens is 238 g/mol. The van der Waals surface area contributed by atoms with Crippen LogP contribution in [0.3, 0.4) is 0 Å². The van der Waals surface area contributed by atoms with Crippen LogP contribution in [0.5, 0.6) is 0 Å². The van der Waals surface area contributed by atoms with Crippen molar-refractivity contribution in [2.45, 2.75) is 59.1 Å². The zero-order valence-electron chi connectivity index (χ0n) is 12.3. The van der Waals surface area contributed by atoms with Crippen LogP contribution in [0.2, 0.25) is 0 Å². The minimum Gasteiger partial charge on any atom is -0.378 e. The van der Waals surface area contributed by atoms with Gasteiger partial charge in [0.1, 0.15) is 0 Å². The first-order valence-electron chi connectivity index (χ1n) is 7.73. The molecule has 1 aromatic heterocycles. The normalized spacial score (nSPS) is 29.6. The van der Waals surface area contributed by atoms with Crippen molar-refractivity contribution in [1.82, 2.24) is 15.0 Å². The fraction of sp³-hybridized carbons (Fsp3) is 0.867. The van der Waals surface area contributed by atoms with Crippen molar-refractivity contribution in [1.29, 1.82) is 0 Å². The smallest absolute Gasteiger partial charge is 0.0859 e. The van der Waals surface area contributed by atoms with Gasteiger partial charge in [0.2, 0.25) is 0 Å². The number of aryl methyl sites for hydroxylation is 2. The Morgan fingerprint density at radius 3 is 2.68 bits per heavy atom. The highest BCUT2D eigenvalue weighted by molar-refractivity contribution is 5.15. The first-order valence-corrected chi connectivity index (χ1v) is 7.73. The SMILES string of the molecule is CCn1nnc2c1CC[C@@H]1[C@H](CC2)[C@@H]1COC(C)C. The molecule has 4 nitrogen and oxygen atoms in total. The Labute approximate surface area is 115 Å². The van der Waals surface area contributed by atoms with E-state index in [4.69, 9.17) is 4.74 Å². The van der Waals surface area contributed by atoms with Gasteiger partial charge in [0.05, 0.1) is 24.1 Å². The Morgan fingerprint density at radius 1 is 1.26 bits per heavy atom. The maximum Gasteiger partial charge on any atom is 0.0859 e. The van der Waals surface area contributed by atoms with Crippen LogP contribution in [-0.2, 0) is 24.1 Å². The molecule has 0 aromatic carbocycles. The fourth-order valence-electron chi connectivity index (χ4n) is 3.63. The van der Waals surface area contributed by atoms with Crippen LogP contribution in [0.15, 0.2) is 0 Å². The van der Waals surface area contributed by atoms with Crippen LogP contribution in [-0.4, -0.2) is 27.7 Å². The lowest BCUT2D eigenvalue weighted by atomic mass is 10.0. The van der Waals surface area contributed by atoms with Crippen molar-refractivity contribution in [3.05, 3.63) is 11.4 Å². The molecule has 2 aliphatic rings. The molecule has 106 valence electrons. The van der Waals surface area contributed by atoms with E-state index in [0.29, 0.717) is 6.10 Å². The van der Waals surface area contributed by atoms with E-state index < -0.39 is 0 Å². The van der Waals surface area contributed by atoms with Crippen molar-refractivity contribution < 1.29 is 4.74 Å². The maximum atomic E-state index is 5.81. The lowest BCUT2D eigenvalue weighted by Crippen LogP contribution is -2.07. The Balaban J connectivity index is 1.63. The van der Waals surface area contributed by atoms with Crippen molar-refractivity contribution in [2.24, 2.45) is 17.8 Å². The van der Waals surface area contributed by atoms with Crippen LogP contribution in [0.1, 0.15) is 45.0 Å². The lowest BCUT2D eigenvalue weighted by Gasteiger charge is -2.09. The summed E-state index contributed by atoms with van der Waals surface area (Å²) in [5.74, 6) is 2.56. The number of ether oxygens (including phenoxy) is 1. The van der Waals surface area contributed by atoms with Gasteiger partial charge >= 0.3 is 0 Å². The van der Waals surface area contributed by atoms with Gasteiger partial charge < -0.3 is 4.74 Å². The number of hydrogen-bond donors (Lipinski definition) is 0. The second-order valence-electron chi connectivity index (χ2n) is 6.25. The lowest BCUT2D eigenvalue weighted by molar-refractivity contribution is 0.0656. The minimum absolute atomic E-state index is 0.361. The summed E-state index contributed by atoms with van der Waals surface area (Å²) in [6.45, 7) is 8.29. The molecule has 19 heavy (non-hydrogen) atoms. The summed E-state index contributed by atoms with van der Waals surface area (Å²) in [5, 5.41) is 8.62. The van der Waals surface area contributed by atoms with E-state index in [0.717, 1.165) is 43.7 Å². The number of fused-ring (bicyclic) bond motifs is 2. The molecule has 0 spiro atoms. The Kier molecular flexibility index (Phi) is 3.61. The van der Waals surface area contributed by atoms with Crippen LogP contribution >= 0.6 is 0 Å². The number of nitrogens with zero attached hydrogens (tertiary/aromatic N) is 3. The molecule has 3 atom stereocenters. The van der Waals surface area contributed by atoms with Crippen molar-refractivity contribution in [3.8, 4) is 0 Å². The standard InChI is InChI=1S/C15H25N3O/c1-4-18-15-8-6-12-11(5-7-14(15)16-17-18)13(12)9-19-10(2)3/h10-13H,4-9H2,1-3H3/t11-,12+,13-/m0/s1. The summed E-state index contributed by atoms with van der Waals surface area (Å²) in [5.41, 5.74) is 2.63. The van der Waals surface area contributed by atoms with Crippen LogP contribution in [0.25, 0.3) is 0 Å². The zero-order chi connectivity index (χ0) is 13.4. The summed E-state index contributed by atoms with van der Waals surface area (Å²) >= 11 is 0. The molecule has 2 aliphatic carbocycles. The molecule has 0 bridgehead atoms. The number of hydrogen-bond acceptors (Lipinski definition) is 3. The van der Waals surface area contributed by atoms with Crippen LogP contribution < -0.4 is 0 Å². The second kappa shape index (κ2) is 5.23. The first-order chi connectivity index (χ1) is 9.20. The highest BCUT2D eigenvalue weighted by Crippen LogP contribution is 2.52. The van der Waals surface area contributed by atoms with Crippen LogP contribution in [0.4, 0.5) is 0 Å². The number of aromatic nitrogens is 3. The summed E-state index contributed by atoms with van der Waals surface area (Å²) in [7, 11) is 0. The molecule has 1 aromatic rings. The quantitative estimate of drug-likeness (QED) is 0.838. The van der Waals surface area contributed by atoms with E-state index in [1.165, 1.54) is 24.2 Å². The van der Waals surface area contributed by atoms with Crippen molar-refractivity contribution >= 4 is 0 Å². The first kappa shape index (κ1) is 13.1. The largest absolute Gasteiger partial charge is 0.378 e.